The number of hydrogen-bond donors (Lipinski definition) is 1. The Morgan fingerprint density at radius 1 is 1.07 bits per heavy atom. The fourth-order valence-electron chi connectivity index (χ4n) is 2.90. The van der Waals surface area contributed by atoms with Gasteiger partial charge < -0.3 is 9.88 Å². The quantitative estimate of drug-likeness (QED) is 0.447. The molecule has 0 aliphatic heterocycles. The molecule has 0 aliphatic carbocycles. The van der Waals surface area contributed by atoms with Crippen molar-refractivity contribution in [2.75, 3.05) is 11.1 Å². The number of thioether (sulfide) groups is 1. The van der Waals surface area contributed by atoms with Crippen molar-refractivity contribution in [3.05, 3.63) is 66.0 Å². The minimum Gasteiger partial charge on any atom is -0.324 e. The normalized spacial score (nSPS) is 11.1. The third-order valence-electron chi connectivity index (χ3n) is 4.43. The van der Waals surface area contributed by atoms with E-state index in [1.165, 1.54) is 17.5 Å². The van der Waals surface area contributed by atoms with E-state index < -0.39 is 0 Å². The van der Waals surface area contributed by atoms with E-state index in [1.54, 1.807) is 11.8 Å². The van der Waals surface area contributed by atoms with Gasteiger partial charge in [0.1, 0.15) is 0 Å². The van der Waals surface area contributed by atoms with Crippen molar-refractivity contribution in [1.29, 1.82) is 0 Å². The fraction of sp³-hybridized carbons (Fsp3) is 0.304. The van der Waals surface area contributed by atoms with Gasteiger partial charge in [-0.25, -0.2) is 4.98 Å². The zero-order valence-electron chi connectivity index (χ0n) is 17.3. The summed E-state index contributed by atoms with van der Waals surface area (Å²) in [4.78, 5) is 19.5. The third-order valence-corrected chi connectivity index (χ3v) is 6.50. The Hall–Kier alpha value is -2.18. The number of carbonyl (C=O) groups is 1. The van der Waals surface area contributed by atoms with Gasteiger partial charge in [0.2, 0.25) is 5.91 Å². The number of anilines is 1. The van der Waals surface area contributed by atoms with Gasteiger partial charge in [0, 0.05) is 22.0 Å². The van der Waals surface area contributed by atoms with Gasteiger partial charge in [0.15, 0.2) is 5.16 Å². The Labute approximate surface area is 181 Å². The molecule has 0 atom stereocenters. The number of carbonyl (C=O) groups excluding carboxylic acids is 1. The van der Waals surface area contributed by atoms with Crippen LogP contribution in [0.1, 0.15) is 25.2 Å². The van der Waals surface area contributed by atoms with E-state index in [9.17, 15) is 4.79 Å². The number of hydrogen-bond acceptors (Lipinski definition) is 4. The van der Waals surface area contributed by atoms with Gasteiger partial charge in [-0.05, 0) is 44.0 Å². The van der Waals surface area contributed by atoms with Crippen molar-refractivity contribution in [3.63, 3.8) is 0 Å². The number of amides is 1. The maximum atomic E-state index is 12.6. The van der Waals surface area contributed by atoms with Gasteiger partial charge in [-0.2, -0.15) is 0 Å². The molecular weight excluding hydrogens is 398 g/mol. The second-order valence-corrected chi connectivity index (χ2v) is 9.38. The Morgan fingerprint density at radius 2 is 1.76 bits per heavy atom. The number of para-hydroxylation sites is 1. The third kappa shape index (κ3) is 5.90. The van der Waals surface area contributed by atoms with E-state index in [0.29, 0.717) is 11.7 Å². The van der Waals surface area contributed by atoms with Crippen LogP contribution in [0.25, 0.3) is 0 Å². The molecule has 0 unspecified atom stereocenters. The number of aromatic nitrogens is 2. The van der Waals surface area contributed by atoms with Gasteiger partial charge in [-0.15, -0.1) is 0 Å². The average Bonchev–Trinajstić information content (AvgIpc) is 2.96. The highest BCUT2D eigenvalue weighted by Gasteiger charge is 2.15. The molecular formula is C23H27N3OS2. The van der Waals surface area contributed by atoms with Crippen LogP contribution in [0.4, 0.5) is 5.69 Å². The number of rotatable bonds is 8. The minimum absolute atomic E-state index is 0.0227. The summed E-state index contributed by atoms with van der Waals surface area (Å²) in [6, 6.07) is 18.1. The average molecular weight is 426 g/mol. The van der Waals surface area contributed by atoms with Crippen LogP contribution in [0.3, 0.4) is 0 Å². The molecule has 1 heterocycles. The number of benzene rings is 2. The van der Waals surface area contributed by atoms with Gasteiger partial charge in [0.05, 0.1) is 17.1 Å². The van der Waals surface area contributed by atoms with Crippen molar-refractivity contribution in [3.8, 4) is 0 Å². The van der Waals surface area contributed by atoms with Crippen molar-refractivity contribution < 1.29 is 4.79 Å². The molecule has 3 aromatic rings. The van der Waals surface area contributed by atoms with Crippen molar-refractivity contribution in [2.24, 2.45) is 5.92 Å². The SMILES string of the molecule is Cc1nc(SCC(=O)Nc2ccccc2Sc2ccccc2)n(CC(C)C)c1C. The molecule has 0 saturated heterocycles. The van der Waals surface area contributed by atoms with Crippen molar-refractivity contribution in [2.45, 2.75) is 49.2 Å². The summed E-state index contributed by atoms with van der Waals surface area (Å²) in [6.45, 7) is 9.40. The van der Waals surface area contributed by atoms with Crippen molar-refractivity contribution >= 4 is 35.1 Å². The smallest absolute Gasteiger partial charge is 0.234 e. The van der Waals surface area contributed by atoms with Crippen LogP contribution in [0.15, 0.2) is 69.5 Å². The van der Waals surface area contributed by atoms with Gasteiger partial charge >= 0.3 is 0 Å². The highest BCUT2D eigenvalue weighted by atomic mass is 32.2. The molecule has 0 spiro atoms. The molecule has 29 heavy (non-hydrogen) atoms. The first-order valence-electron chi connectivity index (χ1n) is 9.72. The summed E-state index contributed by atoms with van der Waals surface area (Å²) < 4.78 is 2.22. The Bertz CT molecular complexity index is 968. The van der Waals surface area contributed by atoms with Crippen molar-refractivity contribution in [1.82, 2.24) is 9.55 Å². The first-order valence-corrected chi connectivity index (χ1v) is 11.5. The van der Waals surface area contributed by atoms with Gasteiger partial charge in [-0.3, -0.25) is 4.79 Å². The number of aryl methyl sites for hydroxylation is 1. The van der Waals surface area contributed by atoms with E-state index in [2.05, 4.69) is 47.8 Å². The number of nitrogens with one attached hydrogen (secondary N) is 1. The summed E-state index contributed by atoms with van der Waals surface area (Å²) in [5, 5.41) is 3.98. The lowest BCUT2D eigenvalue weighted by molar-refractivity contribution is -0.113. The largest absolute Gasteiger partial charge is 0.324 e. The maximum Gasteiger partial charge on any atom is 0.234 e. The molecule has 0 saturated carbocycles. The van der Waals surface area contributed by atoms with Crippen LogP contribution < -0.4 is 5.32 Å². The van der Waals surface area contributed by atoms with E-state index in [-0.39, 0.29) is 5.91 Å². The first-order chi connectivity index (χ1) is 13.9. The zero-order chi connectivity index (χ0) is 20.8. The van der Waals surface area contributed by atoms with Crippen LogP contribution in [0.5, 0.6) is 0 Å². The molecule has 6 heteroatoms. The van der Waals surface area contributed by atoms with Crippen LogP contribution in [-0.4, -0.2) is 21.2 Å². The first kappa shape index (κ1) is 21.5. The Morgan fingerprint density at radius 3 is 2.48 bits per heavy atom. The summed E-state index contributed by atoms with van der Waals surface area (Å²) in [6.07, 6.45) is 0. The summed E-state index contributed by atoms with van der Waals surface area (Å²) >= 11 is 3.14. The summed E-state index contributed by atoms with van der Waals surface area (Å²) in [7, 11) is 0. The molecule has 1 aromatic heterocycles. The Kier molecular flexibility index (Phi) is 7.45. The van der Waals surface area contributed by atoms with E-state index in [1.807, 2.05) is 49.4 Å². The van der Waals surface area contributed by atoms with E-state index >= 15 is 0 Å². The Balaban J connectivity index is 1.66. The monoisotopic (exact) mass is 425 g/mol. The lowest BCUT2D eigenvalue weighted by atomic mass is 10.2. The lowest BCUT2D eigenvalue weighted by Gasteiger charge is -2.13. The minimum atomic E-state index is -0.0227. The molecule has 0 aliphatic rings. The molecule has 4 nitrogen and oxygen atoms in total. The predicted octanol–water partition coefficient (Wildman–Crippen LogP) is 6.04. The summed E-state index contributed by atoms with van der Waals surface area (Å²) in [5.41, 5.74) is 3.04. The molecule has 1 amide bonds. The van der Waals surface area contributed by atoms with Gasteiger partial charge in [-0.1, -0.05) is 67.7 Å². The standard InChI is InChI=1S/C23H27N3OS2/c1-16(2)14-26-18(4)17(3)24-23(26)28-15-22(27)25-20-12-8-9-13-21(20)29-19-10-6-5-7-11-19/h5-13,16H,14-15H2,1-4H3,(H,25,27). The topological polar surface area (TPSA) is 46.9 Å². The molecule has 0 radical (unpaired) electrons. The second kappa shape index (κ2) is 10.0. The maximum absolute atomic E-state index is 12.6. The zero-order valence-corrected chi connectivity index (χ0v) is 18.9. The van der Waals surface area contributed by atoms with Crippen LogP contribution >= 0.6 is 23.5 Å². The molecule has 1 N–H and O–H groups in total. The lowest BCUT2D eigenvalue weighted by Crippen LogP contribution is -2.15. The van der Waals surface area contributed by atoms with Gasteiger partial charge in [0.25, 0.3) is 0 Å². The fourth-order valence-corrected chi connectivity index (χ4v) is 4.73. The number of imidazole rings is 1. The highest BCUT2D eigenvalue weighted by Crippen LogP contribution is 2.33. The van der Waals surface area contributed by atoms with E-state index in [4.69, 9.17) is 0 Å². The molecule has 152 valence electrons. The summed E-state index contributed by atoms with van der Waals surface area (Å²) in [5.74, 6) is 0.834. The van der Waals surface area contributed by atoms with Crippen LogP contribution in [0, 0.1) is 19.8 Å². The highest BCUT2D eigenvalue weighted by molar-refractivity contribution is 8.00. The second-order valence-electron chi connectivity index (χ2n) is 7.32. The predicted molar refractivity (Wildman–Crippen MR) is 123 cm³/mol. The molecule has 0 bridgehead atoms. The molecule has 3 rings (SSSR count). The molecule has 2 aromatic carbocycles. The molecule has 0 fully saturated rings. The van der Waals surface area contributed by atoms with Crippen LogP contribution in [0.2, 0.25) is 0 Å². The number of nitrogens with zero attached hydrogens (tertiary/aromatic N) is 2. The van der Waals surface area contributed by atoms with Crippen LogP contribution in [-0.2, 0) is 11.3 Å². The van der Waals surface area contributed by atoms with E-state index in [0.717, 1.165) is 32.9 Å².